The summed E-state index contributed by atoms with van der Waals surface area (Å²) >= 11 is 0. The summed E-state index contributed by atoms with van der Waals surface area (Å²) in [7, 11) is 0. The largest absolute Gasteiger partial charge is 0.261 e. The molecule has 0 radical (unpaired) electrons. The Bertz CT molecular complexity index is 1100. The molecule has 1 aromatic heterocycles. The van der Waals surface area contributed by atoms with Crippen LogP contribution >= 0.6 is 0 Å². The van der Waals surface area contributed by atoms with E-state index < -0.39 is 0 Å². The van der Waals surface area contributed by atoms with Gasteiger partial charge in [-0.25, -0.2) is 9.13 Å². The van der Waals surface area contributed by atoms with Gasteiger partial charge < -0.3 is 0 Å². The van der Waals surface area contributed by atoms with Gasteiger partial charge in [0.05, 0.1) is 19.5 Å². The Kier molecular flexibility index (Phi) is 19.7. The number of aromatic nitrogens is 2. The minimum Gasteiger partial charge on any atom is -0.234 e. The van der Waals surface area contributed by atoms with Crippen molar-refractivity contribution in [3.63, 3.8) is 0 Å². The van der Waals surface area contributed by atoms with Gasteiger partial charge in [-0.3, -0.25) is 0 Å². The van der Waals surface area contributed by atoms with Gasteiger partial charge in [0, 0.05) is 6.42 Å². The van der Waals surface area contributed by atoms with Gasteiger partial charge in [0.15, 0.2) is 0 Å². The molecule has 3 rings (SSSR count). The molecule has 2 heteroatoms. The molecule has 0 aliphatic carbocycles. The predicted molar refractivity (Wildman–Crippen MR) is 196 cm³/mol. The molecule has 0 saturated carbocycles. The molecule has 3 aromatic rings. The van der Waals surface area contributed by atoms with Crippen molar-refractivity contribution in [2.45, 2.75) is 181 Å². The van der Waals surface area contributed by atoms with Crippen LogP contribution in [-0.4, -0.2) is 4.57 Å². The predicted octanol–water partition coefficient (Wildman–Crippen LogP) is 12.6. The van der Waals surface area contributed by atoms with E-state index in [-0.39, 0.29) is 0 Å². The average molecular weight is 614 g/mol. The number of benzene rings is 2. The number of unbranched alkanes of at least 4 members (excludes halogenated alkanes) is 18. The van der Waals surface area contributed by atoms with Crippen LogP contribution < -0.4 is 4.57 Å². The Morgan fingerprint density at radius 1 is 0.556 bits per heavy atom. The minimum absolute atomic E-state index is 0.517. The Morgan fingerprint density at radius 2 is 1.02 bits per heavy atom. The van der Waals surface area contributed by atoms with Gasteiger partial charge in [0.1, 0.15) is 11.9 Å². The van der Waals surface area contributed by atoms with E-state index in [1.807, 2.05) is 0 Å². The zero-order valence-electron chi connectivity index (χ0n) is 29.8. The van der Waals surface area contributed by atoms with Crippen LogP contribution in [0.25, 0.3) is 0 Å². The topological polar surface area (TPSA) is 8.81 Å². The molecular formula is C43H69N2+. The van der Waals surface area contributed by atoms with Crippen molar-refractivity contribution < 1.29 is 4.57 Å². The van der Waals surface area contributed by atoms with Gasteiger partial charge >= 0.3 is 0 Å². The van der Waals surface area contributed by atoms with E-state index in [1.54, 1.807) is 0 Å². The number of nitrogens with zero attached hydrogens (tertiary/aromatic N) is 2. The van der Waals surface area contributed by atoms with Crippen molar-refractivity contribution in [2.24, 2.45) is 0 Å². The number of rotatable bonds is 27. The summed E-state index contributed by atoms with van der Waals surface area (Å²) in [6, 6.07) is 22.3. The van der Waals surface area contributed by atoms with Gasteiger partial charge in [0.2, 0.25) is 0 Å². The van der Waals surface area contributed by atoms with Crippen LogP contribution in [0.1, 0.15) is 178 Å². The van der Waals surface area contributed by atoms with Crippen LogP contribution in [0.2, 0.25) is 0 Å². The van der Waals surface area contributed by atoms with Crippen molar-refractivity contribution >= 4 is 0 Å². The average Bonchev–Trinajstić information content (AvgIpc) is 3.38. The van der Waals surface area contributed by atoms with Crippen LogP contribution in [0.15, 0.2) is 66.9 Å². The van der Waals surface area contributed by atoms with Crippen LogP contribution in [0.5, 0.6) is 0 Å². The highest BCUT2D eigenvalue weighted by Crippen LogP contribution is 2.23. The summed E-state index contributed by atoms with van der Waals surface area (Å²) < 4.78 is 5.40. The van der Waals surface area contributed by atoms with E-state index >= 15 is 0 Å². The van der Waals surface area contributed by atoms with Gasteiger partial charge in [0.25, 0.3) is 5.82 Å². The maximum absolute atomic E-state index is 2.74. The van der Waals surface area contributed by atoms with Crippen LogP contribution in [0.3, 0.4) is 0 Å². The lowest BCUT2D eigenvalue weighted by Crippen LogP contribution is -2.37. The maximum atomic E-state index is 2.74. The number of aryl methyl sites for hydroxylation is 1. The molecule has 0 saturated heterocycles. The Labute approximate surface area is 279 Å². The van der Waals surface area contributed by atoms with Crippen molar-refractivity contribution in [1.82, 2.24) is 4.57 Å². The second-order valence-electron chi connectivity index (χ2n) is 13.9. The smallest absolute Gasteiger partial charge is 0.234 e. The number of hydrogen-bond donors (Lipinski definition) is 0. The molecule has 45 heavy (non-hydrogen) atoms. The third-order valence-electron chi connectivity index (χ3n) is 9.87. The first-order valence-electron chi connectivity index (χ1n) is 19.4. The molecule has 0 aliphatic rings. The zero-order valence-corrected chi connectivity index (χ0v) is 29.8. The summed E-state index contributed by atoms with van der Waals surface area (Å²) in [6.07, 6.45) is 32.5. The Hall–Kier alpha value is -2.35. The fraction of sp³-hybridized carbons (Fsp3) is 0.651. The fourth-order valence-corrected chi connectivity index (χ4v) is 6.99. The van der Waals surface area contributed by atoms with E-state index in [4.69, 9.17) is 0 Å². The van der Waals surface area contributed by atoms with E-state index in [0.29, 0.717) is 5.92 Å². The molecule has 0 bridgehead atoms. The quantitative estimate of drug-likeness (QED) is 0.0597. The lowest BCUT2D eigenvalue weighted by molar-refractivity contribution is -0.704. The standard InChI is InChI=1S/C43H69N2/c1-4-6-8-10-12-14-16-18-20-28-34-44-38-42(36-39(3)41-32-26-23-27-33-41)45(43(44)37-40-30-24-22-25-31-40)35-29-21-19-17-15-13-11-9-7-5-2/h22-27,30-33,38-39H,4-21,28-29,34-37H2,1-3H3/q+1. The molecule has 2 nitrogen and oxygen atoms in total. The van der Waals surface area contributed by atoms with Crippen LogP contribution in [-0.2, 0) is 25.9 Å². The van der Waals surface area contributed by atoms with E-state index in [0.717, 1.165) is 25.9 Å². The molecule has 0 amide bonds. The third kappa shape index (κ3) is 15.2. The summed E-state index contributed by atoms with van der Waals surface area (Å²) in [5.41, 5.74) is 4.41. The molecule has 0 fully saturated rings. The number of imidazole rings is 1. The summed E-state index contributed by atoms with van der Waals surface area (Å²) in [4.78, 5) is 0. The first-order chi connectivity index (χ1) is 22.2. The van der Waals surface area contributed by atoms with Gasteiger partial charge in [-0.1, -0.05) is 184 Å². The normalized spacial score (nSPS) is 12.2. The van der Waals surface area contributed by atoms with Crippen LogP contribution in [0, 0.1) is 0 Å². The third-order valence-corrected chi connectivity index (χ3v) is 9.87. The van der Waals surface area contributed by atoms with Gasteiger partial charge in [-0.15, -0.1) is 0 Å². The molecule has 1 unspecified atom stereocenters. The SMILES string of the molecule is CCCCCCCCCCCCn1c(CC(C)c2ccccc2)c[n+](CCCCCCCCCCCC)c1Cc1ccccc1. The first-order valence-corrected chi connectivity index (χ1v) is 19.4. The molecule has 0 aliphatic heterocycles. The highest BCUT2D eigenvalue weighted by atomic mass is 15.2. The molecule has 0 spiro atoms. The molecule has 0 N–H and O–H groups in total. The molecule has 2 aromatic carbocycles. The zero-order chi connectivity index (χ0) is 31.8. The second-order valence-corrected chi connectivity index (χ2v) is 13.9. The van der Waals surface area contributed by atoms with Crippen molar-refractivity contribution in [3.05, 3.63) is 89.5 Å². The van der Waals surface area contributed by atoms with Crippen molar-refractivity contribution in [1.29, 1.82) is 0 Å². The maximum Gasteiger partial charge on any atom is 0.261 e. The van der Waals surface area contributed by atoms with Crippen LogP contribution in [0.4, 0.5) is 0 Å². The molecule has 1 atom stereocenters. The van der Waals surface area contributed by atoms with E-state index in [9.17, 15) is 0 Å². The fourth-order valence-electron chi connectivity index (χ4n) is 6.99. The number of hydrogen-bond acceptors (Lipinski definition) is 0. The molecule has 1 heterocycles. The summed E-state index contributed by atoms with van der Waals surface area (Å²) in [6.45, 7) is 9.33. The monoisotopic (exact) mass is 614 g/mol. The van der Waals surface area contributed by atoms with Crippen molar-refractivity contribution in [2.75, 3.05) is 0 Å². The highest BCUT2D eigenvalue weighted by molar-refractivity contribution is 5.22. The highest BCUT2D eigenvalue weighted by Gasteiger charge is 2.25. The molecule has 250 valence electrons. The van der Waals surface area contributed by atoms with Crippen molar-refractivity contribution in [3.8, 4) is 0 Å². The Morgan fingerprint density at radius 3 is 1.56 bits per heavy atom. The summed E-state index contributed by atoms with van der Waals surface area (Å²) in [5.74, 6) is 2.03. The van der Waals surface area contributed by atoms with Gasteiger partial charge in [-0.05, 0) is 42.7 Å². The lowest BCUT2D eigenvalue weighted by atomic mass is 9.96. The van der Waals surface area contributed by atoms with E-state index in [2.05, 4.69) is 96.8 Å². The van der Waals surface area contributed by atoms with E-state index in [1.165, 1.54) is 151 Å². The summed E-state index contributed by atoms with van der Waals surface area (Å²) in [5, 5.41) is 0. The first kappa shape index (κ1) is 37.1. The molecular weight excluding hydrogens is 544 g/mol. The second kappa shape index (κ2) is 23.9. The minimum atomic E-state index is 0.517. The lowest BCUT2D eigenvalue weighted by Gasteiger charge is -2.12. The van der Waals surface area contributed by atoms with Gasteiger partial charge in [-0.2, -0.15) is 0 Å². The Balaban J connectivity index is 1.64.